The van der Waals surface area contributed by atoms with Crippen molar-refractivity contribution in [1.82, 2.24) is 4.90 Å². The van der Waals surface area contributed by atoms with E-state index >= 15 is 0 Å². The number of benzene rings is 2. The predicted octanol–water partition coefficient (Wildman–Crippen LogP) is 1.96. The smallest absolute Gasteiger partial charge is 0.355 e. The maximum absolute atomic E-state index is 13.5. The molecule has 2 aliphatic rings. The fourth-order valence-electron chi connectivity index (χ4n) is 4.56. The van der Waals surface area contributed by atoms with Crippen LogP contribution in [0, 0.1) is 6.92 Å². The summed E-state index contributed by atoms with van der Waals surface area (Å²) in [6.07, 6.45) is 0. The van der Waals surface area contributed by atoms with Gasteiger partial charge in [-0.15, -0.1) is 0 Å². The molecule has 2 aromatic rings. The number of carbonyl (C=O) groups is 3. The Bertz CT molecular complexity index is 1170. The summed E-state index contributed by atoms with van der Waals surface area (Å²) < 4.78 is 10.3. The first-order chi connectivity index (χ1) is 15.7. The van der Waals surface area contributed by atoms with E-state index in [0.717, 1.165) is 5.56 Å². The molecule has 2 N–H and O–H groups in total. The van der Waals surface area contributed by atoms with Crippen molar-refractivity contribution in [3.63, 3.8) is 0 Å². The quantitative estimate of drug-likeness (QED) is 0.641. The molecule has 2 atom stereocenters. The van der Waals surface area contributed by atoms with Crippen molar-refractivity contribution in [2.24, 2.45) is 0 Å². The van der Waals surface area contributed by atoms with Gasteiger partial charge in [0.1, 0.15) is 11.3 Å². The maximum Gasteiger partial charge on any atom is 0.355 e. The highest BCUT2D eigenvalue weighted by Gasteiger charge is 2.74. The van der Waals surface area contributed by atoms with Crippen molar-refractivity contribution in [3.05, 3.63) is 82.1 Å². The predicted molar refractivity (Wildman–Crippen MR) is 117 cm³/mol. The number of hydrogen-bond donors (Lipinski definition) is 2. The molecule has 2 aromatic carbocycles. The number of carbonyl (C=O) groups excluding carboxylic acids is 3. The Morgan fingerprint density at radius 3 is 2.18 bits per heavy atom. The first-order valence-electron chi connectivity index (χ1n) is 10.7. The largest absolute Gasteiger partial charge is 0.462 e. The van der Waals surface area contributed by atoms with E-state index in [1.165, 1.54) is 17.0 Å². The molecule has 1 aliphatic heterocycles. The van der Waals surface area contributed by atoms with E-state index in [1.54, 1.807) is 38.1 Å². The second kappa shape index (κ2) is 8.13. The van der Waals surface area contributed by atoms with Crippen molar-refractivity contribution in [3.8, 4) is 0 Å². The molecule has 4 rings (SSSR count). The molecule has 8 heteroatoms. The highest BCUT2D eigenvalue weighted by molar-refractivity contribution is 6.18. The zero-order chi connectivity index (χ0) is 24.0. The molecule has 0 aromatic heterocycles. The number of ether oxygens (including phenoxy) is 2. The van der Waals surface area contributed by atoms with Crippen LogP contribution in [0.15, 0.2) is 59.8 Å². The van der Waals surface area contributed by atoms with Crippen molar-refractivity contribution in [2.45, 2.75) is 38.6 Å². The molecule has 0 fully saturated rings. The molecular formula is C25H25NO7. The lowest BCUT2D eigenvalue weighted by Gasteiger charge is -2.39. The lowest BCUT2D eigenvalue weighted by molar-refractivity contribution is -0.181. The lowest BCUT2D eigenvalue weighted by atomic mass is 9.85. The third kappa shape index (κ3) is 3.09. The Kier molecular flexibility index (Phi) is 5.59. The van der Waals surface area contributed by atoms with E-state index in [0.29, 0.717) is 5.56 Å². The summed E-state index contributed by atoms with van der Waals surface area (Å²) in [5, 5.41) is 23.9. The van der Waals surface area contributed by atoms with Gasteiger partial charge < -0.3 is 24.6 Å². The van der Waals surface area contributed by atoms with E-state index < -0.39 is 40.3 Å². The van der Waals surface area contributed by atoms with Crippen molar-refractivity contribution >= 4 is 17.7 Å². The molecule has 0 amide bonds. The summed E-state index contributed by atoms with van der Waals surface area (Å²) in [7, 11) is 0. The minimum atomic E-state index is -2.75. The third-order valence-corrected chi connectivity index (χ3v) is 6.05. The first-order valence-corrected chi connectivity index (χ1v) is 10.7. The fourth-order valence-corrected chi connectivity index (χ4v) is 4.56. The molecule has 0 spiro atoms. The number of rotatable bonds is 6. The van der Waals surface area contributed by atoms with Gasteiger partial charge in [0, 0.05) is 17.7 Å². The van der Waals surface area contributed by atoms with Gasteiger partial charge in [-0.05, 0) is 26.3 Å². The zero-order valence-corrected chi connectivity index (χ0v) is 18.6. The average Bonchev–Trinajstić information content (AvgIpc) is 3.10. The number of aliphatic hydroxyl groups is 2. The summed E-state index contributed by atoms with van der Waals surface area (Å²) in [4.78, 5) is 40.8. The minimum absolute atomic E-state index is 0.0157. The third-order valence-electron chi connectivity index (χ3n) is 6.05. The van der Waals surface area contributed by atoms with Crippen LogP contribution in [-0.4, -0.2) is 51.6 Å². The van der Waals surface area contributed by atoms with E-state index in [4.69, 9.17) is 9.47 Å². The van der Waals surface area contributed by atoms with Gasteiger partial charge in [0.05, 0.1) is 13.2 Å². The standard InChI is InChI=1S/C25H25NO7/c1-4-32-22(28)19-20(23(29)33-5-2)26(14-16-12-10-15(3)11-13-16)25(31)18-9-7-6-8-17(18)21(27)24(19,25)30/h6-13,30-31H,4-5,14H2,1-3H3/t24-,25+/m0/s1. The van der Waals surface area contributed by atoms with Crippen LogP contribution in [0.1, 0.15) is 40.9 Å². The Labute approximate surface area is 191 Å². The maximum atomic E-state index is 13.5. The van der Waals surface area contributed by atoms with Crippen molar-refractivity contribution in [1.29, 1.82) is 0 Å². The van der Waals surface area contributed by atoms with Gasteiger partial charge in [0.25, 0.3) is 0 Å². The monoisotopic (exact) mass is 451 g/mol. The second-order valence-corrected chi connectivity index (χ2v) is 7.99. The van der Waals surface area contributed by atoms with Gasteiger partial charge in [-0.3, -0.25) is 4.79 Å². The SMILES string of the molecule is CCOC(=O)C1=C(C(=O)OCC)[C@]2(O)C(=O)c3ccccc3[C@]2(O)N1Cc1ccc(C)cc1. The van der Waals surface area contributed by atoms with Crippen LogP contribution in [0.2, 0.25) is 0 Å². The highest BCUT2D eigenvalue weighted by atomic mass is 16.5. The Morgan fingerprint density at radius 2 is 1.55 bits per heavy atom. The Hall–Kier alpha value is -3.49. The number of Topliss-reactive ketones (excluding diaryl/α,β-unsaturated/α-hetero) is 1. The summed E-state index contributed by atoms with van der Waals surface area (Å²) >= 11 is 0. The van der Waals surface area contributed by atoms with E-state index in [9.17, 15) is 24.6 Å². The topological polar surface area (TPSA) is 113 Å². The molecule has 0 radical (unpaired) electrons. The Balaban J connectivity index is 2.01. The van der Waals surface area contributed by atoms with E-state index in [-0.39, 0.29) is 30.9 Å². The number of ketones is 1. The van der Waals surface area contributed by atoms with Gasteiger partial charge in [-0.1, -0.05) is 54.1 Å². The van der Waals surface area contributed by atoms with E-state index in [1.807, 2.05) is 19.1 Å². The zero-order valence-electron chi connectivity index (χ0n) is 18.6. The number of nitrogens with zero attached hydrogens (tertiary/aromatic N) is 1. The fraction of sp³-hybridized carbons (Fsp3) is 0.320. The number of fused-ring (bicyclic) bond motifs is 3. The summed E-state index contributed by atoms with van der Waals surface area (Å²) in [5.74, 6) is -2.92. The minimum Gasteiger partial charge on any atom is -0.462 e. The lowest BCUT2D eigenvalue weighted by Crippen LogP contribution is -2.57. The molecule has 1 heterocycles. The van der Waals surface area contributed by atoms with Gasteiger partial charge >= 0.3 is 11.9 Å². The second-order valence-electron chi connectivity index (χ2n) is 7.99. The van der Waals surface area contributed by atoms with Gasteiger partial charge in [0.15, 0.2) is 0 Å². The highest BCUT2D eigenvalue weighted by Crippen LogP contribution is 2.57. The molecule has 0 bridgehead atoms. The van der Waals surface area contributed by atoms with Gasteiger partial charge in [-0.2, -0.15) is 0 Å². The molecule has 0 saturated carbocycles. The summed E-state index contributed by atoms with van der Waals surface area (Å²) in [5.41, 5.74) is -4.37. The van der Waals surface area contributed by atoms with Crippen LogP contribution >= 0.6 is 0 Å². The van der Waals surface area contributed by atoms with Gasteiger partial charge in [0.2, 0.25) is 17.1 Å². The number of esters is 2. The van der Waals surface area contributed by atoms with Crippen LogP contribution in [0.5, 0.6) is 0 Å². The first kappa shape index (κ1) is 22.7. The number of hydrogen-bond acceptors (Lipinski definition) is 8. The molecular weight excluding hydrogens is 426 g/mol. The molecule has 33 heavy (non-hydrogen) atoms. The Morgan fingerprint density at radius 1 is 0.939 bits per heavy atom. The molecule has 172 valence electrons. The van der Waals surface area contributed by atoms with Crippen LogP contribution in [-0.2, 0) is 31.3 Å². The van der Waals surface area contributed by atoms with Crippen LogP contribution < -0.4 is 0 Å². The van der Waals surface area contributed by atoms with Crippen molar-refractivity contribution < 1.29 is 34.1 Å². The van der Waals surface area contributed by atoms with Crippen LogP contribution in [0.3, 0.4) is 0 Å². The van der Waals surface area contributed by atoms with E-state index in [2.05, 4.69) is 0 Å². The molecule has 0 saturated heterocycles. The summed E-state index contributed by atoms with van der Waals surface area (Å²) in [6.45, 7) is 4.90. The summed E-state index contributed by atoms with van der Waals surface area (Å²) in [6, 6.07) is 13.5. The number of aryl methyl sites for hydroxylation is 1. The average molecular weight is 451 g/mol. The molecule has 0 unspecified atom stereocenters. The molecule has 1 aliphatic carbocycles. The van der Waals surface area contributed by atoms with Crippen molar-refractivity contribution in [2.75, 3.05) is 13.2 Å². The molecule has 8 nitrogen and oxygen atoms in total. The van der Waals surface area contributed by atoms with Crippen LogP contribution in [0.4, 0.5) is 0 Å². The van der Waals surface area contributed by atoms with Gasteiger partial charge in [-0.25, -0.2) is 9.59 Å². The normalized spacial score (nSPS) is 23.4. The van der Waals surface area contributed by atoms with Crippen LogP contribution in [0.25, 0.3) is 0 Å².